The molecule has 10 nitrogen and oxygen atoms in total. The normalized spacial score (nSPS) is 11.5. The van der Waals surface area contributed by atoms with Crippen molar-refractivity contribution in [3.63, 3.8) is 0 Å². The van der Waals surface area contributed by atoms with Gasteiger partial charge in [-0.15, -0.1) is 0 Å². The van der Waals surface area contributed by atoms with E-state index in [9.17, 15) is 18.0 Å². The highest BCUT2D eigenvalue weighted by atomic mass is 32.2. The minimum Gasteiger partial charge on any atom is -0.444 e. The van der Waals surface area contributed by atoms with Crippen LogP contribution in [-0.4, -0.2) is 42.0 Å². The van der Waals surface area contributed by atoms with Gasteiger partial charge in [-0.3, -0.25) is 9.96 Å². The lowest BCUT2D eigenvalue weighted by molar-refractivity contribution is -0.140. The van der Waals surface area contributed by atoms with E-state index < -0.39 is 33.3 Å². The Labute approximate surface area is 206 Å². The third-order valence-corrected chi connectivity index (χ3v) is 5.01. The van der Waals surface area contributed by atoms with Crippen molar-refractivity contribution in [1.82, 2.24) is 5.32 Å². The van der Waals surface area contributed by atoms with Crippen LogP contribution in [-0.2, 0) is 26.1 Å². The SMILES string of the molecule is CC(C)(C)OC(=O)NC(C)(C)C(=O)Oc1cccc(CC(=N)N)c1.Cc1ccc(S(=O)(=O)O)cc1. The van der Waals surface area contributed by atoms with Gasteiger partial charge in [0.25, 0.3) is 10.1 Å². The van der Waals surface area contributed by atoms with Crippen LogP contribution in [0.1, 0.15) is 45.7 Å². The van der Waals surface area contributed by atoms with Gasteiger partial charge in [0.05, 0.1) is 10.7 Å². The highest BCUT2D eigenvalue weighted by Gasteiger charge is 2.33. The van der Waals surface area contributed by atoms with Crippen LogP contribution in [0.15, 0.2) is 53.4 Å². The number of ether oxygens (including phenoxy) is 2. The van der Waals surface area contributed by atoms with Gasteiger partial charge in [0.1, 0.15) is 16.9 Å². The summed E-state index contributed by atoms with van der Waals surface area (Å²) < 4.78 is 40.0. The van der Waals surface area contributed by atoms with Gasteiger partial charge in [0.15, 0.2) is 0 Å². The Morgan fingerprint density at radius 3 is 2.11 bits per heavy atom. The van der Waals surface area contributed by atoms with Gasteiger partial charge in [-0.25, -0.2) is 9.59 Å². The lowest BCUT2D eigenvalue weighted by atomic mass is 10.1. The summed E-state index contributed by atoms with van der Waals surface area (Å²) in [6.45, 7) is 10.1. The summed E-state index contributed by atoms with van der Waals surface area (Å²) in [5.41, 5.74) is 5.15. The van der Waals surface area contributed by atoms with Crippen molar-refractivity contribution in [3.8, 4) is 5.75 Å². The average molecular weight is 508 g/mol. The summed E-state index contributed by atoms with van der Waals surface area (Å²) in [6, 6.07) is 12.7. The summed E-state index contributed by atoms with van der Waals surface area (Å²) >= 11 is 0. The molecule has 0 spiro atoms. The molecule has 0 aliphatic heterocycles. The lowest BCUT2D eigenvalue weighted by Crippen LogP contribution is -2.52. The first-order chi connectivity index (χ1) is 15.9. The van der Waals surface area contributed by atoms with Gasteiger partial charge in [-0.05, 0) is 71.4 Å². The molecule has 2 aromatic rings. The number of hydrogen-bond acceptors (Lipinski definition) is 7. The number of aryl methyl sites for hydroxylation is 1. The summed E-state index contributed by atoms with van der Waals surface area (Å²) in [6.07, 6.45) is -0.430. The molecule has 11 heteroatoms. The number of hydrogen-bond donors (Lipinski definition) is 4. The molecule has 192 valence electrons. The Balaban J connectivity index is 0.000000462. The molecule has 0 aliphatic carbocycles. The summed E-state index contributed by atoms with van der Waals surface area (Å²) in [5, 5.41) is 9.79. The molecule has 0 aliphatic rings. The number of nitrogens with one attached hydrogen (secondary N) is 2. The van der Waals surface area contributed by atoms with E-state index in [0.29, 0.717) is 5.75 Å². The van der Waals surface area contributed by atoms with Crippen LogP contribution in [0.4, 0.5) is 4.79 Å². The van der Waals surface area contributed by atoms with Crippen LogP contribution < -0.4 is 15.8 Å². The van der Waals surface area contributed by atoms with Crippen LogP contribution in [0.5, 0.6) is 5.75 Å². The van der Waals surface area contributed by atoms with Crippen molar-refractivity contribution in [1.29, 1.82) is 5.41 Å². The van der Waals surface area contributed by atoms with E-state index in [1.807, 2.05) is 6.92 Å². The van der Waals surface area contributed by atoms with Crippen LogP contribution in [0.25, 0.3) is 0 Å². The quantitative estimate of drug-likeness (QED) is 0.151. The van der Waals surface area contributed by atoms with Gasteiger partial charge in [-0.2, -0.15) is 8.42 Å². The van der Waals surface area contributed by atoms with Crippen LogP contribution in [0.2, 0.25) is 0 Å². The molecule has 0 radical (unpaired) electrons. The fourth-order valence-electron chi connectivity index (χ4n) is 2.49. The molecule has 2 aromatic carbocycles. The Morgan fingerprint density at radius 2 is 1.63 bits per heavy atom. The predicted octanol–water partition coefficient (Wildman–Crippen LogP) is 3.62. The molecule has 0 bridgehead atoms. The van der Waals surface area contributed by atoms with Crippen molar-refractivity contribution in [2.45, 2.75) is 64.0 Å². The van der Waals surface area contributed by atoms with Gasteiger partial charge < -0.3 is 20.5 Å². The number of carbonyl (C=O) groups excluding carboxylic acids is 2. The van der Waals surface area contributed by atoms with Crippen LogP contribution in [0.3, 0.4) is 0 Å². The first-order valence-corrected chi connectivity index (χ1v) is 12.0. The number of carbonyl (C=O) groups is 2. The van der Waals surface area contributed by atoms with E-state index in [2.05, 4.69) is 5.32 Å². The molecular formula is C24H33N3O7S. The zero-order valence-corrected chi connectivity index (χ0v) is 21.5. The van der Waals surface area contributed by atoms with Crippen molar-refractivity contribution >= 4 is 28.0 Å². The molecule has 0 aromatic heterocycles. The molecule has 1 amide bonds. The maximum atomic E-state index is 12.3. The lowest BCUT2D eigenvalue weighted by Gasteiger charge is -2.26. The Hall–Kier alpha value is -3.44. The second-order valence-electron chi connectivity index (χ2n) is 9.28. The number of esters is 1. The minimum absolute atomic E-state index is 0.0189. The monoisotopic (exact) mass is 507 g/mol. The number of nitrogens with two attached hydrogens (primary N) is 1. The van der Waals surface area contributed by atoms with E-state index >= 15 is 0 Å². The van der Waals surface area contributed by atoms with Gasteiger partial charge >= 0.3 is 12.1 Å². The Kier molecular flexibility index (Phi) is 9.98. The Morgan fingerprint density at radius 1 is 1.06 bits per heavy atom. The second-order valence-corrected chi connectivity index (χ2v) is 10.7. The summed E-state index contributed by atoms with van der Waals surface area (Å²) in [5.74, 6) is -0.295. The zero-order valence-electron chi connectivity index (χ0n) is 20.7. The van der Waals surface area contributed by atoms with E-state index in [0.717, 1.165) is 11.1 Å². The zero-order chi connectivity index (χ0) is 27.0. The third-order valence-electron chi connectivity index (χ3n) is 4.15. The van der Waals surface area contributed by atoms with E-state index in [4.69, 9.17) is 25.2 Å². The molecule has 2 rings (SSSR count). The number of amidine groups is 1. The van der Waals surface area contributed by atoms with Crippen molar-refractivity contribution in [2.75, 3.05) is 0 Å². The fourth-order valence-corrected chi connectivity index (χ4v) is 2.97. The molecule has 0 heterocycles. The molecular weight excluding hydrogens is 474 g/mol. The average Bonchev–Trinajstić information content (AvgIpc) is 2.65. The second kappa shape index (κ2) is 11.8. The summed E-state index contributed by atoms with van der Waals surface area (Å²) in [4.78, 5) is 24.1. The topological polar surface area (TPSA) is 169 Å². The van der Waals surface area contributed by atoms with Crippen LogP contribution in [0, 0.1) is 12.3 Å². The fraction of sp³-hybridized carbons (Fsp3) is 0.375. The number of amides is 1. The maximum absolute atomic E-state index is 12.3. The largest absolute Gasteiger partial charge is 0.444 e. The Bertz CT molecular complexity index is 1150. The predicted molar refractivity (Wildman–Crippen MR) is 132 cm³/mol. The molecule has 0 fully saturated rings. The molecule has 0 saturated carbocycles. The molecule has 0 atom stereocenters. The highest BCUT2D eigenvalue weighted by molar-refractivity contribution is 7.85. The number of benzene rings is 2. The first kappa shape index (κ1) is 29.6. The number of alkyl carbamates (subject to hydrolysis) is 1. The molecule has 0 saturated heterocycles. The van der Waals surface area contributed by atoms with Crippen molar-refractivity contribution in [2.24, 2.45) is 5.73 Å². The molecule has 35 heavy (non-hydrogen) atoms. The number of rotatable bonds is 6. The van der Waals surface area contributed by atoms with Crippen molar-refractivity contribution < 1.29 is 32.0 Å². The van der Waals surface area contributed by atoms with Crippen molar-refractivity contribution in [3.05, 3.63) is 59.7 Å². The molecule has 5 N–H and O–H groups in total. The molecule has 0 unspecified atom stereocenters. The summed E-state index contributed by atoms with van der Waals surface area (Å²) in [7, 11) is -4.02. The highest BCUT2D eigenvalue weighted by Crippen LogP contribution is 2.17. The van der Waals surface area contributed by atoms with E-state index in [-0.39, 0.29) is 17.2 Å². The maximum Gasteiger partial charge on any atom is 0.408 e. The van der Waals surface area contributed by atoms with Gasteiger partial charge in [0, 0.05) is 6.42 Å². The van der Waals surface area contributed by atoms with E-state index in [1.165, 1.54) is 26.0 Å². The van der Waals surface area contributed by atoms with Crippen LogP contribution >= 0.6 is 0 Å². The first-order valence-electron chi connectivity index (χ1n) is 10.6. The van der Waals surface area contributed by atoms with E-state index in [1.54, 1.807) is 57.2 Å². The third kappa shape index (κ3) is 11.5. The minimum atomic E-state index is -4.02. The van der Waals surface area contributed by atoms with Gasteiger partial charge in [-0.1, -0.05) is 29.8 Å². The van der Waals surface area contributed by atoms with Gasteiger partial charge in [0.2, 0.25) is 0 Å². The standard InChI is InChI=1S/C17H25N3O4.C7H8O3S/c1-16(2,3)24-15(22)20-17(4,5)14(21)23-12-8-6-7-11(9-12)10-13(18)19;1-6-2-4-7(5-3-6)11(8,9)10/h6-9H,10H2,1-5H3,(H3,18,19)(H,20,22);2-5H,1H3,(H,8,9,10). The smallest absolute Gasteiger partial charge is 0.408 e.